The van der Waals surface area contributed by atoms with Crippen LogP contribution in [-0.4, -0.2) is 57.1 Å². The molecular weight excluding hydrogens is 378 g/mol. The van der Waals surface area contributed by atoms with E-state index in [1.165, 1.54) is 12.0 Å². The van der Waals surface area contributed by atoms with Gasteiger partial charge in [0.1, 0.15) is 5.82 Å². The molecule has 0 saturated carbocycles. The van der Waals surface area contributed by atoms with E-state index in [2.05, 4.69) is 32.2 Å². The molecule has 150 valence electrons. The van der Waals surface area contributed by atoms with E-state index < -0.39 is 0 Å². The van der Waals surface area contributed by atoms with Gasteiger partial charge >= 0.3 is 5.69 Å². The molecule has 2 aliphatic heterocycles. The summed E-state index contributed by atoms with van der Waals surface area (Å²) in [5.41, 5.74) is 0.938. The molecule has 8 heteroatoms. The highest BCUT2D eigenvalue weighted by Crippen LogP contribution is 2.32. The molecule has 0 spiro atoms. The van der Waals surface area contributed by atoms with E-state index in [0.717, 1.165) is 50.6 Å². The second-order valence-corrected chi connectivity index (χ2v) is 8.37. The number of hydrogen-bond acceptors (Lipinski definition) is 4. The Balaban J connectivity index is 1.23. The molecule has 1 aromatic carbocycles. The van der Waals surface area contributed by atoms with Gasteiger partial charge in [0.2, 0.25) is 5.91 Å². The molecular formula is C20H26ClN5O2. The first-order valence-electron chi connectivity index (χ1n) is 9.95. The van der Waals surface area contributed by atoms with Gasteiger partial charge in [-0.2, -0.15) is 5.10 Å². The number of nitrogens with zero attached hydrogens (tertiary/aromatic N) is 3. The molecule has 4 rings (SSSR count). The number of carbonyl (C=O) groups is 1. The van der Waals surface area contributed by atoms with Crippen molar-refractivity contribution in [2.75, 3.05) is 26.2 Å². The van der Waals surface area contributed by atoms with Crippen LogP contribution in [0.4, 0.5) is 0 Å². The first-order chi connectivity index (χ1) is 13.6. The highest BCUT2D eigenvalue weighted by Gasteiger charge is 2.33. The Bertz CT molecular complexity index is 854. The van der Waals surface area contributed by atoms with Crippen LogP contribution in [0.15, 0.2) is 29.1 Å². The van der Waals surface area contributed by atoms with E-state index in [-0.39, 0.29) is 18.0 Å². The van der Waals surface area contributed by atoms with Crippen LogP contribution >= 0.6 is 11.6 Å². The Morgan fingerprint density at radius 2 is 1.82 bits per heavy atom. The Hall–Kier alpha value is -2.12. The summed E-state index contributed by atoms with van der Waals surface area (Å²) in [7, 11) is 0. The summed E-state index contributed by atoms with van der Waals surface area (Å²) in [5, 5.41) is 6.91. The summed E-state index contributed by atoms with van der Waals surface area (Å²) in [6.45, 7) is 4.85. The average molecular weight is 404 g/mol. The van der Waals surface area contributed by atoms with Crippen molar-refractivity contribution in [1.29, 1.82) is 0 Å². The molecule has 2 saturated heterocycles. The lowest BCUT2D eigenvalue weighted by Crippen LogP contribution is -2.41. The van der Waals surface area contributed by atoms with Gasteiger partial charge in [-0.15, -0.1) is 0 Å². The summed E-state index contributed by atoms with van der Waals surface area (Å²) in [6.07, 6.45) is 3.51. The van der Waals surface area contributed by atoms with Crippen molar-refractivity contribution in [3.05, 3.63) is 51.2 Å². The molecule has 28 heavy (non-hydrogen) atoms. The summed E-state index contributed by atoms with van der Waals surface area (Å²) in [6, 6.07) is 8.12. The van der Waals surface area contributed by atoms with Gasteiger partial charge in [-0.1, -0.05) is 23.7 Å². The number of amides is 1. The van der Waals surface area contributed by atoms with Crippen LogP contribution in [0.3, 0.4) is 0 Å². The van der Waals surface area contributed by atoms with Gasteiger partial charge in [-0.25, -0.2) is 9.89 Å². The third-order valence-corrected chi connectivity index (χ3v) is 6.31. The molecule has 3 heterocycles. The monoisotopic (exact) mass is 403 g/mol. The molecule has 2 aromatic rings. The van der Waals surface area contributed by atoms with E-state index in [9.17, 15) is 9.59 Å². The maximum atomic E-state index is 12.4. The van der Waals surface area contributed by atoms with Crippen LogP contribution in [0.2, 0.25) is 5.02 Å². The smallest absolute Gasteiger partial charge is 0.340 e. The molecule has 1 aromatic heterocycles. The largest absolute Gasteiger partial charge is 0.342 e. The lowest BCUT2D eigenvalue weighted by atomic mass is 9.83. The van der Waals surface area contributed by atoms with E-state index in [1.54, 1.807) is 0 Å². The Kier molecular flexibility index (Phi) is 5.82. The van der Waals surface area contributed by atoms with Crippen molar-refractivity contribution >= 4 is 17.5 Å². The number of halogens is 1. The molecule has 0 aliphatic carbocycles. The number of piperidine rings is 1. The fourth-order valence-electron chi connectivity index (χ4n) is 4.50. The van der Waals surface area contributed by atoms with Gasteiger partial charge in [0.15, 0.2) is 0 Å². The van der Waals surface area contributed by atoms with Crippen LogP contribution in [0, 0.1) is 11.8 Å². The fourth-order valence-corrected chi connectivity index (χ4v) is 4.63. The summed E-state index contributed by atoms with van der Waals surface area (Å²) in [4.78, 5) is 30.5. The summed E-state index contributed by atoms with van der Waals surface area (Å²) in [5.74, 6) is 1.85. The molecule has 7 nitrogen and oxygen atoms in total. The minimum atomic E-state index is -0.370. The highest BCUT2D eigenvalue weighted by molar-refractivity contribution is 6.30. The Labute approximate surface area is 169 Å². The number of H-pyrrole nitrogens is 2. The normalized spacial score (nSPS) is 21.3. The maximum Gasteiger partial charge on any atom is 0.340 e. The van der Waals surface area contributed by atoms with Crippen molar-refractivity contribution in [3.8, 4) is 0 Å². The van der Waals surface area contributed by atoms with Gasteiger partial charge in [-0.3, -0.25) is 14.7 Å². The molecule has 0 unspecified atom stereocenters. The van der Waals surface area contributed by atoms with Crippen LogP contribution < -0.4 is 5.69 Å². The van der Waals surface area contributed by atoms with Crippen LogP contribution in [0.1, 0.15) is 30.7 Å². The number of aromatic amines is 2. The van der Waals surface area contributed by atoms with Gasteiger partial charge in [0.25, 0.3) is 0 Å². The number of carbonyl (C=O) groups excluding carboxylic acids is 1. The fraction of sp³-hybridized carbons (Fsp3) is 0.550. The number of likely N-dealkylation sites (tertiary alicyclic amines) is 2. The number of aromatic nitrogens is 3. The van der Waals surface area contributed by atoms with Crippen molar-refractivity contribution in [2.24, 2.45) is 11.8 Å². The predicted molar refractivity (Wildman–Crippen MR) is 107 cm³/mol. The SMILES string of the molecule is O=C(Cc1n[nH]c(=O)[nH]1)N1CCC([C@H]2CCN(Cc3ccc(Cl)cc3)C2)CC1. The summed E-state index contributed by atoms with van der Waals surface area (Å²) < 4.78 is 0. The molecule has 1 amide bonds. The van der Waals surface area contributed by atoms with Crippen LogP contribution in [0.5, 0.6) is 0 Å². The lowest BCUT2D eigenvalue weighted by molar-refractivity contribution is -0.132. The highest BCUT2D eigenvalue weighted by atomic mass is 35.5. The topological polar surface area (TPSA) is 85.1 Å². The van der Waals surface area contributed by atoms with E-state index >= 15 is 0 Å². The van der Waals surface area contributed by atoms with Crippen molar-refractivity contribution < 1.29 is 4.79 Å². The Morgan fingerprint density at radius 1 is 1.11 bits per heavy atom. The molecule has 2 fully saturated rings. The second kappa shape index (κ2) is 8.49. The van der Waals surface area contributed by atoms with Crippen molar-refractivity contribution in [2.45, 2.75) is 32.2 Å². The quantitative estimate of drug-likeness (QED) is 0.800. The van der Waals surface area contributed by atoms with Crippen LogP contribution in [0.25, 0.3) is 0 Å². The van der Waals surface area contributed by atoms with Gasteiger partial charge in [0, 0.05) is 31.2 Å². The van der Waals surface area contributed by atoms with Crippen LogP contribution in [-0.2, 0) is 17.8 Å². The van der Waals surface area contributed by atoms with Crippen molar-refractivity contribution in [3.63, 3.8) is 0 Å². The van der Waals surface area contributed by atoms with Crippen molar-refractivity contribution in [1.82, 2.24) is 25.0 Å². The lowest BCUT2D eigenvalue weighted by Gasteiger charge is -2.35. The number of hydrogen-bond donors (Lipinski definition) is 2. The molecule has 2 N–H and O–H groups in total. The minimum absolute atomic E-state index is 0.0389. The van der Waals surface area contributed by atoms with E-state index in [1.807, 2.05) is 17.0 Å². The maximum absolute atomic E-state index is 12.4. The zero-order valence-corrected chi connectivity index (χ0v) is 16.6. The zero-order chi connectivity index (χ0) is 19.5. The first kappa shape index (κ1) is 19.2. The van der Waals surface area contributed by atoms with E-state index in [4.69, 9.17) is 11.6 Å². The average Bonchev–Trinajstić information content (AvgIpc) is 3.33. The molecule has 1 atom stereocenters. The third-order valence-electron chi connectivity index (χ3n) is 6.06. The molecule has 0 bridgehead atoms. The standard InChI is InChI=1S/C20H26ClN5O2/c21-17-3-1-14(2-4-17)12-25-8-5-16(13-25)15-6-9-26(10-7-15)19(27)11-18-22-20(28)24-23-18/h1-4,15-16H,5-13H2,(H2,22,23,24,28)/t16-/m0/s1. The number of rotatable bonds is 5. The second-order valence-electron chi connectivity index (χ2n) is 7.93. The minimum Gasteiger partial charge on any atom is -0.342 e. The van der Waals surface area contributed by atoms with E-state index in [0.29, 0.717) is 17.7 Å². The number of nitrogens with one attached hydrogen (secondary N) is 2. The van der Waals surface area contributed by atoms with Gasteiger partial charge in [0.05, 0.1) is 6.42 Å². The Morgan fingerprint density at radius 3 is 2.50 bits per heavy atom. The number of benzene rings is 1. The third kappa shape index (κ3) is 4.64. The van der Waals surface area contributed by atoms with Gasteiger partial charge < -0.3 is 4.90 Å². The predicted octanol–water partition coefficient (Wildman–Crippen LogP) is 2.05. The molecule has 2 aliphatic rings. The summed E-state index contributed by atoms with van der Waals surface area (Å²) >= 11 is 5.97. The molecule has 0 radical (unpaired) electrons. The van der Waals surface area contributed by atoms with Gasteiger partial charge in [-0.05, 0) is 55.3 Å². The first-order valence-corrected chi connectivity index (χ1v) is 10.3. The zero-order valence-electron chi connectivity index (χ0n) is 15.9.